The number of ether oxygens (including phenoxy) is 4. The van der Waals surface area contributed by atoms with E-state index in [-0.39, 0.29) is 54.9 Å². The quantitative estimate of drug-likeness (QED) is 0.0954. The van der Waals surface area contributed by atoms with Crippen LogP contribution in [0.1, 0.15) is 112 Å². The highest BCUT2D eigenvalue weighted by atomic mass is 35.5. The van der Waals surface area contributed by atoms with Gasteiger partial charge in [0.15, 0.2) is 0 Å². The Morgan fingerprint density at radius 2 is 1.56 bits per heavy atom. The number of amides is 1. The van der Waals surface area contributed by atoms with E-state index in [1.807, 2.05) is 32.9 Å². The maximum absolute atomic E-state index is 14.2. The molecular formula is C43H70ClNO12. The molecule has 1 saturated heterocycles. The predicted molar refractivity (Wildman–Crippen MR) is 215 cm³/mol. The van der Waals surface area contributed by atoms with Crippen molar-refractivity contribution in [3.63, 3.8) is 0 Å². The molecule has 326 valence electrons. The number of ketones is 2. The number of aliphatic hydroxyl groups excluding tert-OH is 2. The van der Waals surface area contributed by atoms with Gasteiger partial charge in [-0.2, -0.15) is 0 Å². The van der Waals surface area contributed by atoms with E-state index < -0.39 is 77.8 Å². The van der Waals surface area contributed by atoms with Crippen molar-refractivity contribution in [2.75, 3.05) is 27.9 Å². The SMILES string of the molecule is CC[C@@H]1/C=C(\C)C[C@H](C)C[C@H](OC)[C@@H](O)[C@@H](OC)C[C@@H](C)C(=O)C(O)(O)C(=O)N2CCCC[C@H]2C(=O)O[C@H](/C(C)=C/[C@@H]2CC[C@H](Cl)[C@H](OC)C2)[C@H](C)[C@@H](O)CC1=O. The molecule has 0 aromatic carbocycles. The standard InChI is InChI=1S/C43H70ClNO12/c1-10-30-18-24(2)17-25(3)19-36(55-8)38(48)37(56-9)21-27(5)40(49)43(52,53)42(51)45-16-12-11-13-32(45)41(50)57-39(28(6)33(46)23-34(30)47)26(4)20-29-14-15-31(44)35(22-29)54-7/h18,20,25,27-33,35-39,46,48,52-53H,10-17,19,21-23H2,1-9H3/b24-18+,26-20+/t25-,27+,28+,29-,30+,31-,32-,33-,35+,36-,37-,38+,39+/m0/s1. The Kier molecular flexibility index (Phi) is 19.3. The number of carbonyl (C=O) groups excluding carboxylic acids is 4. The zero-order valence-electron chi connectivity index (χ0n) is 35.5. The van der Waals surface area contributed by atoms with Gasteiger partial charge in [0.25, 0.3) is 5.91 Å². The first kappa shape index (κ1) is 49.1. The second kappa shape index (κ2) is 22.4. The average molecular weight is 828 g/mol. The fraction of sp³-hybridized carbons (Fsp3) is 0.814. The van der Waals surface area contributed by atoms with Crippen LogP contribution in [0.15, 0.2) is 23.3 Å². The molecule has 1 aliphatic carbocycles. The topological polar surface area (TPSA) is 189 Å². The molecule has 13 nitrogen and oxygen atoms in total. The van der Waals surface area contributed by atoms with Crippen LogP contribution in [0.5, 0.6) is 0 Å². The summed E-state index contributed by atoms with van der Waals surface area (Å²) >= 11 is 6.51. The summed E-state index contributed by atoms with van der Waals surface area (Å²) in [5.41, 5.74) is 1.61. The molecule has 2 aliphatic heterocycles. The van der Waals surface area contributed by atoms with E-state index in [1.54, 1.807) is 21.0 Å². The third-order valence-electron chi connectivity index (χ3n) is 12.5. The lowest BCUT2D eigenvalue weighted by molar-refractivity contribution is -0.206. The minimum atomic E-state index is -3.49. The molecule has 0 aromatic heterocycles. The van der Waals surface area contributed by atoms with E-state index in [4.69, 9.17) is 30.5 Å². The molecule has 1 saturated carbocycles. The van der Waals surface area contributed by atoms with Crippen LogP contribution in [0, 0.1) is 29.6 Å². The third kappa shape index (κ3) is 12.9. The fourth-order valence-electron chi connectivity index (χ4n) is 8.94. The van der Waals surface area contributed by atoms with Crippen LogP contribution in [0.3, 0.4) is 0 Å². The van der Waals surface area contributed by atoms with Gasteiger partial charge in [0.2, 0.25) is 5.78 Å². The Labute approximate surface area is 344 Å². The number of esters is 1. The van der Waals surface area contributed by atoms with E-state index in [0.717, 1.165) is 23.3 Å². The molecule has 4 N–H and O–H groups in total. The maximum atomic E-state index is 14.2. The minimum absolute atomic E-state index is 0.00116. The van der Waals surface area contributed by atoms with Crippen LogP contribution in [-0.2, 0) is 38.1 Å². The van der Waals surface area contributed by atoms with Crippen LogP contribution >= 0.6 is 11.6 Å². The molecule has 0 spiro atoms. The summed E-state index contributed by atoms with van der Waals surface area (Å²) in [6, 6.07) is -1.25. The number of allylic oxidation sites excluding steroid dienone is 3. The molecule has 2 heterocycles. The number of Topliss-reactive ketones (excluding diaryl/α,β-unsaturated/α-hetero) is 2. The lowest BCUT2D eigenvalue weighted by atomic mass is 9.82. The zero-order chi connectivity index (χ0) is 42.8. The Morgan fingerprint density at radius 3 is 2.18 bits per heavy atom. The number of piperidine rings is 1. The van der Waals surface area contributed by atoms with Crippen molar-refractivity contribution in [3.05, 3.63) is 23.3 Å². The molecule has 0 aromatic rings. The van der Waals surface area contributed by atoms with Crippen LogP contribution in [0.2, 0.25) is 0 Å². The van der Waals surface area contributed by atoms with Gasteiger partial charge in [-0.3, -0.25) is 14.4 Å². The highest BCUT2D eigenvalue weighted by molar-refractivity contribution is 6.21. The molecule has 0 bridgehead atoms. The van der Waals surface area contributed by atoms with E-state index in [2.05, 4.69) is 0 Å². The van der Waals surface area contributed by atoms with Crippen LogP contribution in [0.25, 0.3) is 0 Å². The lowest BCUT2D eigenvalue weighted by Gasteiger charge is -2.39. The highest BCUT2D eigenvalue weighted by Crippen LogP contribution is 2.34. The Balaban J connectivity index is 2.08. The number of alkyl halides is 1. The molecule has 0 radical (unpaired) electrons. The van der Waals surface area contributed by atoms with E-state index in [0.29, 0.717) is 44.1 Å². The number of hydrogen-bond donors (Lipinski definition) is 4. The van der Waals surface area contributed by atoms with Crippen LogP contribution < -0.4 is 0 Å². The fourth-order valence-corrected chi connectivity index (χ4v) is 9.27. The van der Waals surface area contributed by atoms with Gasteiger partial charge in [0.1, 0.15) is 24.0 Å². The summed E-state index contributed by atoms with van der Waals surface area (Å²) in [6.45, 7) is 10.8. The molecule has 3 rings (SSSR count). The Hall–Kier alpha value is -2.23. The summed E-state index contributed by atoms with van der Waals surface area (Å²) in [5.74, 6) is -9.36. The number of carbonyl (C=O) groups is 4. The van der Waals surface area contributed by atoms with E-state index >= 15 is 0 Å². The first-order chi connectivity index (χ1) is 26.8. The van der Waals surface area contributed by atoms with Crippen molar-refractivity contribution >= 4 is 35.0 Å². The van der Waals surface area contributed by atoms with Crippen molar-refractivity contribution < 1.29 is 58.6 Å². The highest BCUT2D eigenvalue weighted by Gasteiger charge is 2.51. The second-order valence-corrected chi connectivity index (χ2v) is 17.6. The summed E-state index contributed by atoms with van der Waals surface area (Å²) in [5, 5.41) is 45.3. The summed E-state index contributed by atoms with van der Waals surface area (Å²) in [7, 11) is 4.45. The number of cyclic esters (lactones) is 1. The summed E-state index contributed by atoms with van der Waals surface area (Å²) in [4.78, 5) is 56.5. The second-order valence-electron chi connectivity index (χ2n) is 17.0. The molecule has 57 heavy (non-hydrogen) atoms. The summed E-state index contributed by atoms with van der Waals surface area (Å²) < 4.78 is 23.1. The van der Waals surface area contributed by atoms with E-state index in [9.17, 15) is 39.6 Å². The number of halogens is 1. The monoisotopic (exact) mass is 827 g/mol. The van der Waals surface area contributed by atoms with Gasteiger partial charge in [0.05, 0.1) is 29.8 Å². The van der Waals surface area contributed by atoms with E-state index in [1.165, 1.54) is 21.1 Å². The molecule has 0 unspecified atom stereocenters. The van der Waals surface area contributed by atoms with Crippen LogP contribution in [0.4, 0.5) is 0 Å². The number of methoxy groups -OCH3 is 3. The Bertz CT molecular complexity index is 1420. The number of aliphatic hydroxyl groups is 4. The number of nitrogens with zero attached hydrogens (tertiary/aromatic N) is 1. The smallest absolute Gasteiger partial charge is 0.329 e. The van der Waals surface area contributed by atoms with Crippen molar-refractivity contribution in [1.29, 1.82) is 0 Å². The maximum Gasteiger partial charge on any atom is 0.329 e. The van der Waals surface area contributed by atoms with Gasteiger partial charge >= 0.3 is 11.8 Å². The van der Waals surface area contributed by atoms with Gasteiger partial charge in [-0.25, -0.2) is 4.79 Å². The normalized spacial score (nSPS) is 38.8. The summed E-state index contributed by atoms with van der Waals surface area (Å²) in [6.07, 6.45) is 3.11. The van der Waals surface area contributed by atoms with Crippen molar-refractivity contribution in [3.8, 4) is 0 Å². The van der Waals surface area contributed by atoms with Crippen LogP contribution in [-0.4, -0.2) is 130 Å². The van der Waals surface area contributed by atoms with Crippen molar-refractivity contribution in [2.45, 2.75) is 166 Å². The number of hydrogen-bond acceptors (Lipinski definition) is 12. The number of fused-ring (bicyclic) bond motifs is 1. The van der Waals surface area contributed by atoms with Gasteiger partial charge in [-0.15, -0.1) is 11.6 Å². The number of rotatable bonds is 6. The molecule has 2 fully saturated rings. The van der Waals surface area contributed by atoms with Gasteiger partial charge in [-0.1, -0.05) is 45.4 Å². The average Bonchev–Trinajstić information content (AvgIpc) is 3.18. The first-order valence-electron chi connectivity index (χ1n) is 20.8. The molecule has 14 heteroatoms. The minimum Gasteiger partial charge on any atom is -0.456 e. The third-order valence-corrected chi connectivity index (χ3v) is 13.0. The van der Waals surface area contributed by atoms with Crippen molar-refractivity contribution in [1.82, 2.24) is 4.90 Å². The van der Waals surface area contributed by atoms with Gasteiger partial charge in [-0.05, 0) is 95.5 Å². The largest absolute Gasteiger partial charge is 0.456 e. The molecule has 1 amide bonds. The van der Waals surface area contributed by atoms with Crippen molar-refractivity contribution in [2.24, 2.45) is 29.6 Å². The zero-order valence-corrected chi connectivity index (χ0v) is 36.3. The molecule has 13 atom stereocenters. The first-order valence-corrected chi connectivity index (χ1v) is 21.2. The molecule has 3 aliphatic rings. The van der Waals surface area contributed by atoms with Gasteiger partial charge in [0, 0.05) is 52.0 Å². The Morgan fingerprint density at radius 1 is 0.930 bits per heavy atom. The van der Waals surface area contributed by atoms with Gasteiger partial charge < -0.3 is 44.3 Å². The molecular weight excluding hydrogens is 758 g/mol. The predicted octanol–water partition coefficient (Wildman–Crippen LogP) is 4.67. The lowest BCUT2D eigenvalue weighted by Crippen LogP contribution is -2.61.